The molecule has 0 aliphatic carbocycles. The lowest BCUT2D eigenvalue weighted by molar-refractivity contribution is -0.134. The van der Waals surface area contributed by atoms with Crippen molar-refractivity contribution in [1.29, 1.82) is 0 Å². The number of aliphatic hydroxyl groups excluding tert-OH is 1. The van der Waals surface area contributed by atoms with E-state index in [-0.39, 0.29) is 0 Å². The van der Waals surface area contributed by atoms with Crippen molar-refractivity contribution in [2.75, 3.05) is 7.11 Å². The van der Waals surface area contributed by atoms with Gasteiger partial charge in [-0.2, -0.15) is 0 Å². The Hall–Kier alpha value is -1.42. The van der Waals surface area contributed by atoms with E-state index >= 15 is 0 Å². The smallest absolute Gasteiger partial charge is 0.300 e. The molecule has 12 heavy (non-hydrogen) atoms. The molecule has 0 aliphatic heterocycles. The Labute approximate surface area is 71.5 Å². The van der Waals surface area contributed by atoms with Gasteiger partial charge in [-0.3, -0.25) is 9.78 Å². The molecule has 1 heterocycles. The molecule has 0 aromatic carbocycles. The molecule has 0 radical (unpaired) electrons. The second kappa shape index (κ2) is 12.3. The summed E-state index contributed by atoms with van der Waals surface area (Å²) in [6, 6.07) is 5.72. The van der Waals surface area contributed by atoms with Crippen LogP contribution in [0.1, 0.15) is 6.92 Å². The summed E-state index contributed by atoms with van der Waals surface area (Å²) in [6.45, 7) is 1.08. The zero-order chi connectivity index (χ0) is 9.82. The predicted molar refractivity (Wildman–Crippen MR) is 45.7 cm³/mol. The lowest BCUT2D eigenvalue weighted by atomic mass is 10.5. The van der Waals surface area contributed by atoms with Crippen molar-refractivity contribution in [2.24, 2.45) is 0 Å². The highest BCUT2D eigenvalue weighted by atomic mass is 16.4. The van der Waals surface area contributed by atoms with E-state index in [1.54, 1.807) is 12.4 Å². The first-order valence-electron chi connectivity index (χ1n) is 3.22. The van der Waals surface area contributed by atoms with Crippen molar-refractivity contribution in [1.82, 2.24) is 4.98 Å². The zero-order valence-electron chi connectivity index (χ0n) is 7.14. The summed E-state index contributed by atoms with van der Waals surface area (Å²) >= 11 is 0. The molecule has 0 amide bonds. The Morgan fingerprint density at radius 2 is 1.50 bits per heavy atom. The predicted octanol–water partition coefficient (Wildman–Crippen LogP) is 0.781. The molecule has 0 saturated heterocycles. The van der Waals surface area contributed by atoms with Gasteiger partial charge in [0.05, 0.1) is 0 Å². The van der Waals surface area contributed by atoms with Crippen LogP contribution in [0.5, 0.6) is 0 Å². The maximum absolute atomic E-state index is 9.00. The van der Waals surface area contributed by atoms with E-state index in [9.17, 15) is 0 Å². The van der Waals surface area contributed by atoms with Crippen molar-refractivity contribution in [3.63, 3.8) is 0 Å². The van der Waals surface area contributed by atoms with Crippen LogP contribution in [0.25, 0.3) is 0 Å². The number of pyridine rings is 1. The summed E-state index contributed by atoms with van der Waals surface area (Å²) in [6.07, 6.45) is 3.50. The van der Waals surface area contributed by atoms with Crippen LogP contribution < -0.4 is 0 Å². The molecule has 0 aliphatic rings. The number of hydrogen-bond acceptors (Lipinski definition) is 3. The number of hydrogen-bond donors (Lipinski definition) is 2. The zero-order valence-corrected chi connectivity index (χ0v) is 7.14. The fourth-order valence-corrected chi connectivity index (χ4v) is 0.313. The number of aromatic nitrogens is 1. The molecule has 0 atom stereocenters. The van der Waals surface area contributed by atoms with E-state index in [4.69, 9.17) is 15.0 Å². The first kappa shape index (κ1) is 13.2. The number of aliphatic hydroxyl groups is 1. The van der Waals surface area contributed by atoms with E-state index in [1.165, 1.54) is 0 Å². The summed E-state index contributed by atoms with van der Waals surface area (Å²) in [5.74, 6) is -0.833. The number of carbonyl (C=O) groups is 1. The summed E-state index contributed by atoms with van der Waals surface area (Å²) in [5, 5.41) is 14.4. The van der Waals surface area contributed by atoms with Gasteiger partial charge in [-0.15, -0.1) is 0 Å². The average molecular weight is 171 g/mol. The van der Waals surface area contributed by atoms with Crippen LogP contribution in [0.4, 0.5) is 0 Å². The van der Waals surface area contributed by atoms with Gasteiger partial charge in [0, 0.05) is 26.4 Å². The fourth-order valence-electron chi connectivity index (χ4n) is 0.313. The molecule has 1 aromatic rings. The van der Waals surface area contributed by atoms with Crippen LogP contribution >= 0.6 is 0 Å². The van der Waals surface area contributed by atoms with Crippen molar-refractivity contribution in [2.45, 2.75) is 6.92 Å². The van der Waals surface area contributed by atoms with Crippen molar-refractivity contribution < 1.29 is 15.0 Å². The van der Waals surface area contributed by atoms with Crippen LogP contribution in [0, 0.1) is 0 Å². The van der Waals surface area contributed by atoms with Crippen molar-refractivity contribution in [3.05, 3.63) is 30.6 Å². The molecule has 1 aromatic heterocycles. The number of nitrogens with zero attached hydrogens (tertiary/aromatic N) is 1. The minimum Gasteiger partial charge on any atom is -0.481 e. The molecule has 0 fully saturated rings. The number of carboxylic acids is 1. The molecule has 0 bridgehead atoms. The minimum absolute atomic E-state index is 0.833. The Balaban J connectivity index is 0. The number of rotatable bonds is 0. The maximum Gasteiger partial charge on any atom is 0.300 e. The normalized spacial score (nSPS) is 6.58. The standard InChI is InChI=1S/C5H5N.C2H4O2.CH4O/c1-2-4-6-5-3-1;1-2(3)4;1-2/h1-5H;1H3,(H,3,4);2H,1H3. The summed E-state index contributed by atoms with van der Waals surface area (Å²) in [5.41, 5.74) is 0. The van der Waals surface area contributed by atoms with Gasteiger partial charge in [-0.05, 0) is 12.1 Å². The van der Waals surface area contributed by atoms with Gasteiger partial charge in [0.1, 0.15) is 0 Å². The summed E-state index contributed by atoms with van der Waals surface area (Å²) < 4.78 is 0. The second-order valence-corrected chi connectivity index (χ2v) is 1.54. The van der Waals surface area contributed by atoms with E-state index in [2.05, 4.69) is 4.98 Å². The topological polar surface area (TPSA) is 70.4 Å². The quantitative estimate of drug-likeness (QED) is 0.605. The van der Waals surface area contributed by atoms with Crippen LogP contribution in [0.2, 0.25) is 0 Å². The van der Waals surface area contributed by atoms with Crippen LogP contribution in [0.3, 0.4) is 0 Å². The highest BCUT2D eigenvalue weighted by Crippen LogP contribution is 1.73. The van der Waals surface area contributed by atoms with E-state index in [0.717, 1.165) is 14.0 Å². The number of carboxylic acid groups (broad SMARTS) is 1. The largest absolute Gasteiger partial charge is 0.481 e. The third kappa shape index (κ3) is 23.5. The van der Waals surface area contributed by atoms with Crippen LogP contribution in [-0.4, -0.2) is 28.3 Å². The summed E-state index contributed by atoms with van der Waals surface area (Å²) in [7, 11) is 1.00. The van der Waals surface area contributed by atoms with Gasteiger partial charge in [-0.1, -0.05) is 6.07 Å². The highest BCUT2D eigenvalue weighted by molar-refractivity contribution is 5.62. The lowest BCUT2D eigenvalue weighted by Crippen LogP contribution is -1.78. The third-order valence-electron chi connectivity index (χ3n) is 0.566. The molecule has 68 valence electrons. The Bertz CT molecular complexity index is 146. The van der Waals surface area contributed by atoms with Crippen LogP contribution in [0.15, 0.2) is 30.6 Å². The van der Waals surface area contributed by atoms with E-state index in [0.29, 0.717) is 0 Å². The van der Waals surface area contributed by atoms with Gasteiger partial charge < -0.3 is 10.2 Å². The van der Waals surface area contributed by atoms with Crippen molar-refractivity contribution in [3.8, 4) is 0 Å². The van der Waals surface area contributed by atoms with Gasteiger partial charge in [0.2, 0.25) is 0 Å². The molecule has 0 unspecified atom stereocenters. The molecule has 2 N–H and O–H groups in total. The van der Waals surface area contributed by atoms with Gasteiger partial charge >= 0.3 is 0 Å². The second-order valence-electron chi connectivity index (χ2n) is 1.54. The first-order chi connectivity index (χ1) is 5.73. The van der Waals surface area contributed by atoms with E-state index in [1.807, 2.05) is 18.2 Å². The molecular formula is C8H13NO3. The SMILES string of the molecule is CC(=O)O.CO.c1ccncc1. The first-order valence-corrected chi connectivity index (χ1v) is 3.22. The molecule has 4 heteroatoms. The van der Waals surface area contributed by atoms with Gasteiger partial charge in [0.15, 0.2) is 0 Å². The van der Waals surface area contributed by atoms with E-state index < -0.39 is 5.97 Å². The highest BCUT2D eigenvalue weighted by Gasteiger charge is 1.65. The monoisotopic (exact) mass is 171 g/mol. The average Bonchev–Trinajstić information content (AvgIpc) is 2.10. The number of aliphatic carboxylic acids is 1. The molecule has 4 nitrogen and oxygen atoms in total. The maximum atomic E-state index is 9.00. The Morgan fingerprint density at radius 3 is 1.58 bits per heavy atom. The molecule has 0 saturated carbocycles. The van der Waals surface area contributed by atoms with Gasteiger partial charge in [-0.25, -0.2) is 0 Å². The molecule has 1 rings (SSSR count). The van der Waals surface area contributed by atoms with Crippen molar-refractivity contribution >= 4 is 5.97 Å². The van der Waals surface area contributed by atoms with Gasteiger partial charge in [0.25, 0.3) is 5.97 Å². The third-order valence-corrected chi connectivity index (χ3v) is 0.566. The minimum atomic E-state index is -0.833. The Morgan fingerprint density at radius 1 is 1.17 bits per heavy atom. The lowest BCUT2D eigenvalue weighted by Gasteiger charge is -1.70. The van der Waals surface area contributed by atoms with Crippen LogP contribution in [-0.2, 0) is 4.79 Å². The Kier molecular flexibility index (Phi) is 13.5. The molecular weight excluding hydrogens is 158 g/mol. The summed E-state index contributed by atoms with van der Waals surface area (Å²) in [4.78, 5) is 12.8. The molecule has 0 spiro atoms. The fraction of sp³-hybridized carbons (Fsp3) is 0.250.